The van der Waals surface area contributed by atoms with Crippen molar-refractivity contribution in [2.45, 2.75) is 44.4 Å². The van der Waals surface area contributed by atoms with Crippen LogP contribution in [-0.2, 0) is 10.2 Å². The Hall–Kier alpha value is -1.42. The van der Waals surface area contributed by atoms with E-state index in [1.165, 1.54) is 18.9 Å². The fourth-order valence-electron chi connectivity index (χ4n) is 3.70. The van der Waals surface area contributed by atoms with Gasteiger partial charge in [0.2, 0.25) is 5.91 Å². The van der Waals surface area contributed by atoms with Crippen LogP contribution in [0.4, 0.5) is 4.39 Å². The lowest BCUT2D eigenvalue weighted by Gasteiger charge is -2.28. The molecule has 1 aliphatic carbocycles. The van der Waals surface area contributed by atoms with Crippen LogP contribution in [-0.4, -0.2) is 25.5 Å². The monoisotopic (exact) mass is 318 g/mol. The highest BCUT2D eigenvalue weighted by atomic mass is 19.1. The number of halogens is 1. The van der Waals surface area contributed by atoms with Gasteiger partial charge in [-0.2, -0.15) is 0 Å². The SMILES string of the molecule is CC(CC(=O)NCC1(c2cccc(F)c2)CC1)C1CCCNC1. The third-order valence-electron chi connectivity index (χ3n) is 5.56. The van der Waals surface area contributed by atoms with E-state index in [9.17, 15) is 9.18 Å². The van der Waals surface area contributed by atoms with Crippen molar-refractivity contribution >= 4 is 5.91 Å². The molecular formula is C19H27FN2O. The summed E-state index contributed by atoms with van der Waals surface area (Å²) in [7, 11) is 0. The zero-order chi connectivity index (χ0) is 16.3. The van der Waals surface area contributed by atoms with E-state index in [-0.39, 0.29) is 17.1 Å². The second kappa shape index (κ2) is 7.00. The van der Waals surface area contributed by atoms with Crippen LogP contribution >= 0.6 is 0 Å². The molecule has 1 aromatic carbocycles. The average molecular weight is 318 g/mol. The molecule has 2 fully saturated rings. The molecule has 1 saturated heterocycles. The summed E-state index contributed by atoms with van der Waals surface area (Å²) in [5, 5.41) is 6.51. The Morgan fingerprint density at radius 1 is 1.48 bits per heavy atom. The van der Waals surface area contributed by atoms with Crippen LogP contribution < -0.4 is 10.6 Å². The molecule has 0 bridgehead atoms. The van der Waals surface area contributed by atoms with Crippen molar-refractivity contribution < 1.29 is 9.18 Å². The van der Waals surface area contributed by atoms with Crippen molar-refractivity contribution in [2.75, 3.05) is 19.6 Å². The van der Waals surface area contributed by atoms with Crippen molar-refractivity contribution in [3.8, 4) is 0 Å². The van der Waals surface area contributed by atoms with Gasteiger partial charge in [0, 0.05) is 18.4 Å². The number of carbonyl (C=O) groups excluding carboxylic acids is 1. The molecule has 4 heteroatoms. The Morgan fingerprint density at radius 2 is 2.30 bits per heavy atom. The molecule has 1 heterocycles. The highest BCUT2D eigenvalue weighted by Crippen LogP contribution is 2.47. The highest BCUT2D eigenvalue weighted by Gasteiger charge is 2.44. The van der Waals surface area contributed by atoms with Crippen LogP contribution in [0.2, 0.25) is 0 Å². The van der Waals surface area contributed by atoms with Gasteiger partial charge in [-0.3, -0.25) is 4.79 Å². The smallest absolute Gasteiger partial charge is 0.220 e. The van der Waals surface area contributed by atoms with Crippen molar-refractivity contribution in [1.29, 1.82) is 0 Å². The minimum atomic E-state index is -0.196. The number of benzene rings is 1. The first-order valence-electron chi connectivity index (χ1n) is 8.82. The van der Waals surface area contributed by atoms with E-state index >= 15 is 0 Å². The van der Waals surface area contributed by atoms with E-state index in [1.807, 2.05) is 6.07 Å². The van der Waals surface area contributed by atoms with Crippen molar-refractivity contribution in [3.63, 3.8) is 0 Å². The topological polar surface area (TPSA) is 41.1 Å². The Morgan fingerprint density at radius 3 is 2.96 bits per heavy atom. The highest BCUT2D eigenvalue weighted by molar-refractivity contribution is 5.76. The Balaban J connectivity index is 1.49. The van der Waals surface area contributed by atoms with Crippen LogP contribution in [0.25, 0.3) is 0 Å². The molecule has 3 rings (SSSR count). The lowest BCUT2D eigenvalue weighted by Crippen LogP contribution is -2.37. The summed E-state index contributed by atoms with van der Waals surface area (Å²) in [4.78, 5) is 12.3. The second-order valence-corrected chi connectivity index (χ2v) is 7.36. The number of piperidine rings is 1. The zero-order valence-electron chi connectivity index (χ0n) is 13.9. The molecule has 2 aliphatic rings. The van der Waals surface area contributed by atoms with Crippen LogP contribution in [0, 0.1) is 17.7 Å². The van der Waals surface area contributed by atoms with Gasteiger partial charge in [-0.25, -0.2) is 4.39 Å². The van der Waals surface area contributed by atoms with Crippen LogP contribution in [0.5, 0.6) is 0 Å². The summed E-state index contributed by atoms with van der Waals surface area (Å²) < 4.78 is 13.4. The minimum Gasteiger partial charge on any atom is -0.355 e. The lowest BCUT2D eigenvalue weighted by atomic mass is 9.85. The van der Waals surface area contributed by atoms with Gasteiger partial charge in [0.1, 0.15) is 5.82 Å². The molecule has 3 nitrogen and oxygen atoms in total. The van der Waals surface area contributed by atoms with Gasteiger partial charge in [0.25, 0.3) is 0 Å². The Bertz CT molecular complexity index is 550. The summed E-state index contributed by atoms with van der Waals surface area (Å²) >= 11 is 0. The maximum Gasteiger partial charge on any atom is 0.220 e. The summed E-state index contributed by atoms with van der Waals surface area (Å²) in [5.41, 5.74) is 0.982. The molecule has 1 aromatic rings. The first-order chi connectivity index (χ1) is 11.1. The number of hydrogen-bond donors (Lipinski definition) is 2. The number of hydrogen-bond acceptors (Lipinski definition) is 2. The third-order valence-corrected chi connectivity index (χ3v) is 5.56. The van der Waals surface area contributed by atoms with Crippen LogP contribution in [0.1, 0.15) is 44.6 Å². The molecule has 23 heavy (non-hydrogen) atoms. The number of nitrogens with one attached hydrogen (secondary N) is 2. The number of amides is 1. The van der Waals surface area contributed by atoms with Crippen molar-refractivity contribution in [3.05, 3.63) is 35.6 Å². The normalized spacial score (nSPS) is 24.0. The largest absolute Gasteiger partial charge is 0.355 e. The average Bonchev–Trinajstić information content (AvgIpc) is 3.35. The summed E-state index contributed by atoms with van der Waals surface area (Å²) in [6, 6.07) is 6.80. The minimum absolute atomic E-state index is 0.0343. The Labute approximate surface area is 138 Å². The predicted octanol–water partition coefficient (Wildman–Crippen LogP) is 3.00. The van der Waals surface area contributed by atoms with E-state index < -0.39 is 0 Å². The number of carbonyl (C=O) groups is 1. The standard InChI is InChI=1S/C19H27FN2O/c1-14(15-4-3-9-21-12-15)10-18(23)22-13-19(7-8-19)16-5-2-6-17(20)11-16/h2,5-6,11,14-15,21H,3-4,7-10,12-13H2,1H3,(H,22,23). The maximum absolute atomic E-state index is 13.4. The van der Waals surface area contributed by atoms with Crippen molar-refractivity contribution in [2.24, 2.45) is 11.8 Å². The molecule has 1 aliphatic heterocycles. The molecule has 1 amide bonds. The van der Waals surface area contributed by atoms with Gasteiger partial charge < -0.3 is 10.6 Å². The Kier molecular flexibility index (Phi) is 5.00. The molecule has 2 atom stereocenters. The zero-order valence-corrected chi connectivity index (χ0v) is 13.9. The fourth-order valence-corrected chi connectivity index (χ4v) is 3.70. The van der Waals surface area contributed by atoms with Crippen LogP contribution in [0.3, 0.4) is 0 Å². The van der Waals surface area contributed by atoms with Gasteiger partial charge in [0.05, 0.1) is 0 Å². The van der Waals surface area contributed by atoms with Crippen LogP contribution in [0.15, 0.2) is 24.3 Å². The van der Waals surface area contributed by atoms with Crippen molar-refractivity contribution in [1.82, 2.24) is 10.6 Å². The molecule has 2 N–H and O–H groups in total. The quantitative estimate of drug-likeness (QED) is 0.846. The summed E-state index contributed by atoms with van der Waals surface area (Å²) in [6.07, 6.45) is 5.07. The van der Waals surface area contributed by atoms with Gasteiger partial charge in [0.15, 0.2) is 0 Å². The maximum atomic E-state index is 13.4. The van der Waals surface area contributed by atoms with Gasteiger partial charge in [-0.1, -0.05) is 19.1 Å². The fraction of sp³-hybridized carbons (Fsp3) is 0.632. The van der Waals surface area contributed by atoms with E-state index in [4.69, 9.17) is 0 Å². The molecule has 2 unspecified atom stereocenters. The summed E-state index contributed by atoms with van der Waals surface area (Å²) in [6.45, 7) is 4.94. The van der Waals surface area contributed by atoms with Gasteiger partial charge in [-0.15, -0.1) is 0 Å². The molecule has 126 valence electrons. The lowest BCUT2D eigenvalue weighted by molar-refractivity contribution is -0.122. The van der Waals surface area contributed by atoms with E-state index in [1.54, 1.807) is 12.1 Å². The van der Waals surface area contributed by atoms with E-state index in [0.717, 1.165) is 31.5 Å². The molecule has 0 radical (unpaired) electrons. The summed E-state index contributed by atoms with van der Waals surface area (Å²) in [5.74, 6) is 0.948. The van der Waals surface area contributed by atoms with Gasteiger partial charge in [-0.05, 0) is 68.3 Å². The molecule has 0 aromatic heterocycles. The second-order valence-electron chi connectivity index (χ2n) is 7.36. The predicted molar refractivity (Wildman–Crippen MR) is 89.7 cm³/mol. The van der Waals surface area contributed by atoms with E-state index in [0.29, 0.717) is 24.8 Å². The molecule has 1 saturated carbocycles. The third kappa shape index (κ3) is 4.11. The molecular weight excluding hydrogens is 291 g/mol. The number of rotatable bonds is 6. The molecule has 0 spiro atoms. The van der Waals surface area contributed by atoms with Gasteiger partial charge >= 0.3 is 0 Å². The van der Waals surface area contributed by atoms with E-state index in [2.05, 4.69) is 17.6 Å². The first-order valence-corrected chi connectivity index (χ1v) is 8.82. The first kappa shape index (κ1) is 16.4.